The molecule has 0 saturated carbocycles. The second kappa shape index (κ2) is 7.32. The predicted octanol–water partition coefficient (Wildman–Crippen LogP) is 3.06. The molecule has 0 aliphatic carbocycles. The zero-order valence-electron chi connectivity index (χ0n) is 12.2. The summed E-state index contributed by atoms with van der Waals surface area (Å²) in [6.07, 6.45) is 0. The Labute approximate surface area is 124 Å². The summed E-state index contributed by atoms with van der Waals surface area (Å²) in [7, 11) is 3.34. The lowest BCUT2D eigenvalue weighted by Gasteiger charge is -2.14. The van der Waals surface area contributed by atoms with Gasteiger partial charge < -0.3 is 14.8 Å². The van der Waals surface area contributed by atoms with Crippen LogP contribution in [-0.4, -0.2) is 14.2 Å². The molecule has 108 valence electrons. The van der Waals surface area contributed by atoms with E-state index in [9.17, 15) is 0 Å². The van der Waals surface area contributed by atoms with Gasteiger partial charge in [-0.05, 0) is 30.3 Å². The normalized spacial score (nSPS) is 11.5. The summed E-state index contributed by atoms with van der Waals surface area (Å²) in [6, 6.07) is 17.3. The minimum Gasteiger partial charge on any atom is -0.493 e. The Morgan fingerprint density at radius 3 is 2.52 bits per heavy atom. The fraction of sp³-hybridized carbons (Fsp3) is 0.235. The van der Waals surface area contributed by atoms with Crippen LogP contribution in [0.15, 0.2) is 48.5 Å². The van der Waals surface area contributed by atoms with Crippen molar-refractivity contribution in [2.24, 2.45) is 0 Å². The number of hydrogen-bond donors (Lipinski definition) is 1. The molecule has 2 aromatic carbocycles. The van der Waals surface area contributed by atoms with Gasteiger partial charge in [-0.15, -0.1) is 0 Å². The van der Waals surface area contributed by atoms with Gasteiger partial charge in [0.05, 0.1) is 13.2 Å². The molecule has 0 radical (unpaired) electrons. The van der Waals surface area contributed by atoms with Gasteiger partial charge in [0.1, 0.15) is 12.6 Å². The maximum atomic E-state index is 9.08. The van der Waals surface area contributed by atoms with E-state index in [1.165, 1.54) is 0 Å². The molecule has 1 N–H and O–H groups in total. The zero-order chi connectivity index (χ0) is 15.1. The summed E-state index contributed by atoms with van der Waals surface area (Å²) in [5.74, 6) is 1.29. The second-order valence-corrected chi connectivity index (χ2v) is 4.54. The maximum absolute atomic E-state index is 9.08. The fourth-order valence-electron chi connectivity index (χ4n) is 2.02. The highest BCUT2D eigenvalue weighted by Gasteiger charge is 2.12. The number of benzene rings is 2. The summed E-state index contributed by atoms with van der Waals surface area (Å²) in [6.45, 7) is 0.476. The van der Waals surface area contributed by atoms with Crippen LogP contribution in [0.4, 0.5) is 0 Å². The van der Waals surface area contributed by atoms with Crippen LogP contribution in [0.25, 0.3) is 0 Å². The van der Waals surface area contributed by atoms with E-state index in [0.717, 1.165) is 11.1 Å². The summed E-state index contributed by atoms with van der Waals surface area (Å²) in [4.78, 5) is 0. The van der Waals surface area contributed by atoms with E-state index in [0.29, 0.717) is 18.1 Å². The molecule has 21 heavy (non-hydrogen) atoms. The highest BCUT2D eigenvalue weighted by Crippen LogP contribution is 2.30. The zero-order valence-corrected chi connectivity index (χ0v) is 12.2. The molecule has 4 nitrogen and oxygen atoms in total. The Hall–Kier alpha value is -2.51. The molecule has 0 amide bonds. The van der Waals surface area contributed by atoms with Crippen molar-refractivity contribution in [2.75, 3.05) is 14.2 Å². The van der Waals surface area contributed by atoms with Crippen LogP contribution in [0.3, 0.4) is 0 Å². The van der Waals surface area contributed by atoms with Crippen molar-refractivity contribution in [3.8, 4) is 17.6 Å². The molecular formula is C17H18N2O2. The lowest BCUT2D eigenvalue weighted by Crippen LogP contribution is -2.14. The number of methoxy groups -OCH3 is 1. The van der Waals surface area contributed by atoms with Crippen LogP contribution >= 0.6 is 0 Å². The molecule has 0 aliphatic rings. The van der Waals surface area contributed by atoms with Gasteiger partial charge in [-0.2, -0.15) is 5.26 Å². The summed E-state index contributed by atoms with van der Waals surface area (Å²) in [5.41, 5.74) is 1.94. The lowest BCUT2D eigenvalue weighted by atomic mass is 10.1. The van der Waals surface area contributed by atoms with Crippen molar-refractivity contribution >= 4 is 0 Å². The van der Waals surface area contributed by atoms with Gasteiger partial charge in [-0.1, -0.05) is 36.4 Å². The van der Waals surface area contributed by atoms with E-state index in [-0.39, 0.29) is 6.04 Å². The van der Waals surface area contributed by atoms with Gasteiger partial charge >= 0.3 is 0 Å². The molecule has 0 aromatic heterocycles. The Kier molecular flexibility index (Phi) is 5.19. The van der Waals surface area contributed by atoms with Crippen molar-refractivity contribution in [1.29, 1.82) is 5.26 Å². The van der Waals surface area contributed by atoms with Crippen LogP contribution in [-0.2, 0) is 6.61 Å². The van der Waals surface area contributed by atoms with Gasteiger partial charge in [0, 0.05) is 0 Å². The maximum Gasteiger partial charge on any atom is 0.161 e. The van der Waals surface area contributed by atoms with E-state index >= 15 is 0 Å². The third-order valence-corrected chi connectivity index (χ3v) is 3.18. The highest BCUT2D eigenvalue weighted by atomic mass is 16.5. The monoisotopic (exact) mass is 282 g/mol. The van der Waals surface area contributed by atoms with Crippen LogP contribution < -0.4 is 14.8 Å². The third kappa shape index (κ3) is 3.74. The number of rotatable bonds is 6. The first-order valence-electron chi connectivity index (χ1n) is 6.70. The van der Waals surface area contributed by atoms with E-state index in [1.54, 1.807) is 14.2 Å². The SMILES string of the molecule is CNC(C#N)c1ccc(OCc2ccccc2)c(OC)c1. The Balaban J connectivity index is 2.15. The van der Waals surface area contributed by atoms with Crippen molar-refractivity contribution in [2.45, 2.75) is 12.6 Å². The molecule has 2 rings (SSSR count). The van der Waals surface area contributed by atoms with Crippen LogP contribution in [0.2, 0.25) is 0 Å². The topological polar surface area (TPSA) is 54.3 Å². The highest BCUT2D eigenvalue weighted by molar-refractivity contribution is 5.45. The molecule has 0 bridgehead atoms. The van der Waals surface area contributed by atoms with Gasteiger partial charge in [-0.25, -0.2) is 0 Å². The largest absolute Gasteiger partial charge is 0.493 e. The third-order valence-electron chi connectivity index (χ3n) is 3.18. The minimum atomic E-state index is -0.359. The van der Waals surface area contributed by atoms with Gasteiger partial charge in [0.2, 0.25) is 0 Å². The summed E-state index contributed by atoms with van der Waals surface area (Å²) >= 11 is 0. The summed E-state index contributed by atoms with van der Waals surface area (Å²) < 4.78 is 11.1. The Morgan fingerprint density at radius 2 is 1.90 bits per heavy atom. The first-order valence-corrected chi connectivity index (χ1v) is 6.70. The molecule has 0 spiro atoms. The van der Waals surface area contributed by atoms with Crippen LogP contribution in [0.5, 0.6) is 11.5 Å². The first kappa shape index (κ1) is 14.9. The molecular weight excluding hydrogens is 264 g/mol. The van der Waals surface area contributed by atoms with E-state index in [2.05, 4.69) is 11.4 Å². The smallest absolute Gasteiger partial charge is 0.161 e. The average molecular weight is 282 g/mol. The minimum absolute atomic E-state index is 0.359. The Morgan fingerprint density at radius 1 is 1.14 bits per heavy atom. The second-order valence-electron chi connectivity index (χ2n) is 4.54. The molecule has 2 aromatic rings. The molecule has 1 atom stereocenters. The molecule has 0 aliphatic heterocycles. The number of ether oxygens (including phenoxy) is 2. The lowest BCUT2D eigenvalue weighted by molar-refractivity contribution is 0.284. The molecule has 4 heteroatoms. The Bertz CT molecular complexity index is 620. The fourth-order valence-corrected chi connectivity index (χ4v) is 2.02. The van der Waals surface area contributed by atoms with Crippen molar-refractivity contribution in [3.63, 3.8) is 0 Å². The quantitative estimate of drug-likeness (QED) is 0.884. The molecule has 0 heterocycles. The van der Waals surface area contributed by atoms with E-state index < -0.39 is 0 Å². The van der Waals surface area contributed by atoms with Gasteiger partial charge in [0.25, 0.3) is 0 Å². The number of hydrogen-bond acceptors (Lipinski definition) is 4. The average Bonchev–Trinajstić information content (AvgIpc) is 2.55. The van der Waals surface area contributed by atoms with Crippen LogP contribution in [0, 0.1) is 11.3 Å². The molecule has 0 saturated heterocycles. The van der Waals surface area contributed by atoms with E-state index in [1.807, 2.05) is 48.5 Å². The molecule has 0 fully saturated rings. The van der Waals surface area contributed by atoms with Crippen LogP contribution in [0.1, 0.15) is 17.2 Å². The van der Waals surface area contributed by atoms with Crippen molar-refractivity contribution < 1.29 is 9.47 Å². The number of nitrogens with one attached hydrogen (secondary N) is 1. The van der Waals surface area contributed by atoms with Crippen molar-refractivity contribution in [1.82, 2.24) is 5.32 Å². The van der Waals surface area contributed by atoms with E-state index in [4.69, 9.17) is 14.7 Å². The standard InChI is InChI=1S/C17H18N2O2/c1-19-15(11-18)14-8-9-16(17(10-14)20-2)21-12-13-6-4-3-5-7-13/h3-10,15,19H,12H2,1-2H3. The van der Waals surface area contributed by atoms with Gasteiger partial charge in [-0.3, -0.25) is 0 Å². The van der Waals surface area contributed by atoms with Crippen molar-refractivity contribution in [3.05, 3.63) is 59.7 Å². The number of nitrogens with zero attached hydrogens (tertiary/aromatic N) is 1. The molecule has 1 unspecified atom stereocenters. The first-order chi connectivity index (χ1) is 10.3. The summed E-state index contributed by atoms with van der Waals surface area (Å²) in [5, 5.41) is 12.0. The van der Waals surface area contributed by atoms with Gasteiger partial charge in [0.15, 0.2) is 11.5 Å². The predicted molar refractivity (Wildman–Crippen MR) is 81.2 cm³/mol. The number of nitriles is 1.